The predicted octanol–water partition coefficient (Wildman–Crippen LogP) is 0.508. The Morgan fingerprint density at radius 1 is 0.913 bits per heavy atom. The van der Waals surface area contributed by atoms with Crippen molar-refractivity contribution in [2.75, 3.05) is 13.1 Å². The van der Waals surface area contributed by atoms with Gasteiger partial charge in [0.05, 0.1) is 6.42 Å². The van der Waals surface area contributed by atoms with E-state index in [1.54, 1.807) is 24.3 Å². The van der Waals surface area contributed by atoms with Crippen LogP contribution in [-0.4, -0.2) is 52.0 Å². The van der Waals surface area contributed by atoms with E-state index in [-0.39, 0.29) is 19.4 Å². The molecule has 1 aromatic carbocycles. The minimum Gasteiger partial charge on any atom is -0.480 e. The van der Waals surface area contributed by atoms with Crippen molar-refractivity contribution < 1.29 is 34.1 Å². The number of ether oxygens (including phenoxy) is 1. The number of hydrogen-bond donors (Lipinski definition) is 2. The largest absolute Gasteiger partial charge is 0.480 e. The van der Waals surface area contributed by atoms with Crippen molar-refractivity contribution in [2.45, 2.75) is 19.4 Å². The molecule has 8 nitrogen and oxygen atoms in total. The van der Waals surface area contributed by atoms with Crippen LogP contribution in [0.2, 0.25) is 0 Å². The summed E-state index contributed by atoms with van der Waals surface area (Å²) in [7, 11) is 0. The van der Waals surface area contributed by atoms with Gasteiger partial charge in [0.1, 0.15) is 19.7 Å². The van der Waals surface area contributed by atoms with Gasteiger partial charge < -0.3 is 19.8 Å². The molecule has 0 aliphatic heterocycles. The average Bonchev–Trinajstić information content (AvgIpc) is 2.50. The number of carbonyl (C=O) groups is 4. The number of benzene rings is 1. The quantitative estimate of drug-likeness (QED) is 0.635. The van der Waals surface area contributed by atoms with Crippen LogP contribution in [0.4, 0.5) is 0 Å². The summed E-state index contributed by atoms with van der Waals surface area (Å²) >= 11 is 0. The van der Waals surface area contributed by atoms with Crippen LogP contribution in [0.15, 0.2) is 30.3 Å². The van der Waals surface area contributed by atoms with Crippen LogP contribution < -0.4 is 0 Å². The second-order valence-corrected chi connectivity index (χ2v) is 4.68. The molecule has 1 aromatic rings. The molecule has 2 N–H and O–H groups in total. The maximum Gasteiger partial charge on any atom is 0.323 e. The van der Waals surface area contributed by atoms with Gasteiger partial charge in [-0.1, -0.05) is 30.3 Å². The molecule has 0 aromatic heterocycles. The lowest BCUT2D eigenvalue weighted by Crippen LogP contribution is -2.39. The topological polar surface area (TPSA) is 121 Å². The Kier molecular flexibility index (Phi) is 7.25. The highest BCUT2D eigenvalue weighted by atomic mass is 16.5. The predicted molar refractivity (Wildman–Crippen MR) is 77.3 cm³/mol. The second-order valence-electron chi connectivity index (χ2n) is 4.68. The minimum absolute atomic E-state index is 0.0713. The number of amides is 1. The highest BCUT2D eigenvalue weighted by molar-refractivity contribution is 5.87. The smallest absolute Gasteiger partial charge is 0.323 e. The number of esters is 1. The summed E-state index contributed by atoms with van der Waals surface area (Å²) in [6.07, 6.45) is -0.560. The van der Waals surface area contributed by atoms with E-state index in [1.807, 2.05) is 6.07 Å². The van der Waals surface area contributed by atoms with Crippen molar-refractivity contribution in [3.63, 3.8) is 0 Å². The molecule has 0 aliphatic rings. The van der Waals surface area contributed by atoms with Gasteiger partial charge in [-0.2, -0.15) is 0 Å². The molecule has 8 heteroatoms. The highest BCUT2D eigenvalue weighted by Crippen LogP contribution is 2.04. The van der Waals surface area contributed by atoms with E-state index in [1.165, 1.54) is 0 Å². The number of rotatable bonds is 9. The zero-order valence-corrected chi connectivity index (χ0v) is 12.3. The van der Waals surface area contributed by atoms with E-state index in [2.05, 4.69) is 0 Å². The van der Waals surface area contributed by atoms with Crippen LogP contribution >= 0.6 is 0 Å². The molecule has 0 bridgehead atoms. The van der Waals surface area contributed by atoms with Gasteiger partial charge in [0.2, 0.25) is 5.91 Å². The van der Waals surface area contributed by atoms with E-state index >= 15 is 0 Å². The van der Waals surface area contributed by atoms with Crippen LogP contribution in [0.25, 0.3) is 0 Å². The van der Waals surface area contributed by atoms with Crippen molar-refractivity contribution in [1.82, 2.24) is 4.90 Å². The highest BCUT2D eigenvalue weighted by Gasteiger charge is 2.20. The fourth-order valence-electron chi connectivity index (χ4n) is 1.74. The third-order valence-electron chi connectivity index (χ3n) is 2.79. The second kappa shape index (κ2) is 9.19. The zero-order valence-electron chi connectivity index (χ0n) is 12.3. The molecule has 0 saturated carbocycles. The van der Waals surface area contributed by atoms with Crippen LogP contribution in [0.5, 0.6) is 0 Å². The van der Waals surface area contributed by atoms with Crippen molar-refractivity contribution in [1.29, 1.82) is 0 Å². The van der Waals surface area contributed by atoms with E-state index in [9.17, 15) is 19.2 Å². The molecular weight excluding hydrogens is 306 g/mol. The van der Waals surface area contributed by atoms with E-state index in [0.29, 0.717) is 4.90 Å². The summed E-state index contributed by atoms with van der Waals surface area (Å²) in [6.45, 7) is -1.39. The number of carbonyl (C=O) groups excluding carboxylic acids is 2. The summed E-state index contributed by atoms with van der Waals surface area (Å²) < 4.78 is 4.98. The summed E-state index contributed by atoms with van der Waals surface area (Å²) in [6, 6.07) is 8.97. The SMILES string of the molecule is O=C(O)CN(CC(=O)O)C(=O)CCC(=O)OCc1ccccc1. The fraction of sp³-hybridized carbons (Fsp3) is 0.333. The molecule has 0 heterocycles. The van der Waals surface area contributed by atoms with Gasteiger partial charge in [0.25, 0.3) is 0 Å². The molecule has 0 saturated heterocycles. The molecule has 0 fully saturated rings. The Bertz CT molecular complexity index is 554. The first-order valence-corrected chi connectivity index (χ1v) is 6.79. The van der Waals surface area contributed by atoms with Gasteiger partial charge in [0, 0.05) is 6.42 Å². The monoisotopic (exact) mass is 323 g/mol. The molecule has 0 spiro atoms. The summed E-state index contributed by atoms with van der Waals surface area (Å²) in [5.74, 6) is -4.00. The van der Waals surface area contributed by atoms with E-state index < -0.39 is 36.9 Å². The zero-order chi connectivity index (χ0) is 17.2. The van der Waals surface area contributed by atoms with Gasteiger partial charge in [-0.25, -0.2) is 0 Å². The molecule has 0 atom stereocenters. The minimum atomic E-state index is -1.33. The number of hydrogen-bond acceptors (Lipinski definition) is 5. The molecule has 23 heavy (non-hydrogen) atoms. The molecule has 0 radical (unpaired) electrons. The Morgan fingerprint density at radius 3 is 2.00 bits per heavy atom. The van der Waals surface area contributed by atoms with Gasteiger partial charge in [-0.05, 0) is 5.56 Å². The Labute approximate surface area is 132 Å². The molecule has 1 amide bonds. The van der Waals surface area contributed by atoms with Crippen LogP contribution in [-0.2, 0) is 30.5 Å². The fourth-order valence-corrected chi connectivity index (χ4v) is 1.74. The van der Waals surface area contributed by atoms with Gasteiger partial charge in [-0.3, -0.25) is 19.2 Å². The Hall–Kier alpha value is -2.90. The first-order valence-electron chi connectivity index (χ1n) is 6.79. The molecular formula is C15H17NO7. The number of carboxylic acids is 2. The van der Waals surface area contributed by atoms with Crippen LogP contribution in [0, 0.1) is 0 Å². The first-order chi connectivity index (χ1) is 10.9. The third-order valence-corrected chi connectivity index (χ3v) is 2.79. The maximum atomic E-state index is 11.8. The third kappa shape index (κ3) is 7.60. The summed E-state index contributed by atoms with van der Waals surface area (Å²) in [4.78, 5) is 45.2. The van der Waals surface area contributed by atoms with Gasteiger partial charge >= 0.3 is 17.9 Å². The van der Waals surface area contributed by atoms with Gasteiger partial charge in [0.15, 0.2) is 0 Å². The number of carboxylic acid groups (broad SMARTS) is 2. The lowest BCUT2D eigenvalue weighted by Gasteiger charge is -2.18. The summed E-state index contributed by atoms with van der Waals surface area (Å²) in [5.41, 5.74) is 0.797. The average molecular weight is 323 g/mol. The summed E-state index contributed by atoms with van der Waals surface area (Å²) in [5, 5.41) is 17.3. The molecule has 0 aliphatic carbocycles. The lowest BCUT2D eigenvalue weighted by atomic mass is 10.2. The van der Waals surface area contributed by atoms with Crippen molar-refractivity contribution >= 4 is 23.8 Å². The molecule has 0 unspecified atom stereocenters. The van der Waals surface area contributed by atoms with Crippen molar-refractivity contribution in [3.8, 4) is 0 Å². The number of aliphatic carboxylic acids is 2. The maximum absolute atomic E-state index is 11.8. The first kappa shape index (κ1) is 18.1. The van der Waals surface area contributed by atoms with Crippen LogP contribution in [0.1, 0.15) is 18.4 Å². The Morgan fingerprint density at radius 2 is 1.48 bits per heavy atom. The standard InChI is InChI=1S/C15H17NO7/c17-12(16(8-13(18)19)9-14(20)21)6-7-15(22)23-10-11-4-2-1-3-5-11/h1-5H,6-10H2,(H,18,19)(H,20,21). The van der Waals surface area contributed by atoms with E-state index in [4.69, 9.17) is 14.9 Å². The number of nitrogens with zero attached hydrogens (tertiary/aromatic N) is 1. The lowest BCUT2D eigenvalue weighted by molar-refractivity contribution is -0.150. The normalized spacial score (nSPS) is 9.91. The molecule has 1 rings (SSSR count). The molecule has 124 valence electrons. The Balaban J connectivity index is 2.41. The van der Waals surface area contributed by atoms with Crippen LogP contribution in [0.3, 0.4) is 0 Å². The van der Waals surface area contributed by atoms with Crippen molar-refractivity contribution in [2.24, 2.45) is 0 Å². The van der Waals surface area contributed by atoms with Crippen molar-refractivity contribution in [3.05, 3.63) is 35.9 Å². The van der Waals surface area contributed by atoms with Gasteiger partial charge in [-0.15, -0.1) is 0 Å². The van der Waals surface area contributed by atoms with E-state index in [0.717, 1.165) is 5.56 Å².